The van der Waals surface area contributed by atoms with Gasteiger partial charge >= 0.3 is 0 Å². The molecule has 15 heavy (non-hydrogen) atoms. The lowest BCUT2D eigenvalue weighted by Crippen LogP contribution is -2.38. The van der Waals surface area contributed by atoms with Gasteiger partial charge in [0.2, 0.25) is 0 Å². The van der Waals surface area contributed by atoms with Crippen LogP contribution in [0.2, 0.25) is 0 Å². The van der Waals surface area contributed by atoms with E-state index in [-0.39, 0.29) is 0 Å². The normalized spacial score (nSPS) is 20.4. The van der Waals surface area contributed by atoms with Crippen LogP contribution in [0.4, 0.5) is 0 Å². The van der Waals surface area contributed by atoms with Crippen molar-refractivity contribution in [3.63, 3.8) is 0 Å². The number of rotatable bonds is 6. The van der Waals surface area contributed by atoms with Crippen molar-refractivity contribution in [2.75, 3.05) is 27.2 Å². The Kier molecular flexibility index (Phi) is 5.62. The van der Waals surface area contributed by atoms with Crippen LogP contribution in [0.3, 0.4) is 0 Å². The molecule has 0 aromatic heterocycles. The van der Waals surface area contributed by atoms with Gasteiger partial charge in [-0.05, 0) is 45.3 Å². The van der Waals surface area contributed by atoms with E-state index in [1.54, 1.807) is 0 Å². The fourth-order valence-corrected chi connectivity index (χ4v) is 2.64. The van der Waals surface area contributed by atoms with Gasteiger partial charge in [0, 0.05) is 12.6 Å². The number of nitrogens with one attached hydrogen (secondary N) is 1. The molecule has 1 rings (SSSR count). The van der Waals surface area contributed by atoms with Crippen molar-refractivity contribution in [2.45, 2.75) is 45.6 Å². The predicted molar refractivity (Wildman–Crippen MR) is 67.1 cm³/mol. The molecular weight excluding hydrogens is 184 g/mol. The smallest absolute Gasteiger partial charge is 0.00923 e. The summed E-state index contributed by atoms with van der Waals surface area (Å²) in [5.74, 6) is 1.57. The molecule has 1 unspecified atom stereocenters. The molecule has 0 aliphatic heterocycles. The third-order valence-corrected chi connectivity index (χ3v) is 3.88. The molecule has 0 amide bonds. The number of hydrogen-bond acceptors (Lipinski definition) is 2. The molecule has 0 saturated heterocycles. The maximum Gasteiger partial charge on any atom is 0.00923 e. The van der Waals surface area contributed by atoms with Gasteiger partial charge in [0.1, 0.15) is 0 Å². The van der Waals surface area contributed by atoms with Gasteiger partial charge in [-0.1, -0.05) is 26.7 Å². The van der Waals surface area contributed by atoms with Gasteiger partial charge in [-0.3, -0.25) is 0 Å². The Morgan fingerprint density at radius 1 is 1.27 bits per heavy atom. The van der Waals surface area contributed by atoms with Gasteiger partial charge in [0.05, 0.1) is 0 Å². The summed E-state index contributed by atoms with van der Waals surface area (Å²) in [4.78, 5) is 2.59. The lowest BCUT2D eigenvalue weighted by Gasteiger charge is -2.30. The Morgan fingerprint density at radius 2 is 1.87 bits per heavy atom. The summed E-state index contributed by atoms with van der Waals surface area (Å²) in [5, 5.41) is 3.32. The second-order valence-corrected chi connectivity index (χ2v) is 5.44. The fraction of sp³-hybridized carbons (Fsp3) is 1.00. The highest BCUT2D eigenvalue weighted by Crippen LogP contribution is 2.24. The standard InChI is InChI=1S/C13H28N2/c1-11(2)12(9-14-3)10-15(4)13-7-5-6-8-13/h11-14H,5-10H2,1-4H3. The minimum Gasteiger partial charge on any atom is -0.319 e. The van der Waals surface area contributed by atoms with Crippen LogP contribution in [0.1, 0.15) is 39.5 Å². The van der Waals surface area contributed by atoms with E-state index in [1.807, 2.05) is 0 Å². The molecule has 2 nitrogen and oxygen atoms in total. The first-order valence-electron chi connectivity index (χ1n) is 6.50. The molecule has 0 aromatic carbocycles. The largest absolute Gasteiger partial charge is 0.319 e. The minimum atomic E-state index is 0.779. The van der Waals surface area contributed by atoms with E-state index in [9.17, 15) is 0 Å². The monoisotopic (exact) mass is 212 g/mol. The highest BCUT2D eigenvalue weighted by atomic mass is 15.1. The van der Waals surface area contributed by atoms with Crippen molar-refractivity contribution < 1.29 is 0 Å². The molecule has 0 spiro atoms. The van der Waals surface area contributed by atoms with Gasteiger partial charge in [-0.15, -0.1) is 0 Å². The van der Waals surface area contributed by atoms with Gasteiger partial charge < -0.3 is 10.2 Å². The van der Waals surface area contributed by atoms with Gasteiger partial charge in [-0.2, -0.15) is 0 Å². The highest BCUT2D eigenvalue weighted by molar-refractivity contribution is 4.78. The first-order chi connectivity index (χ1) is 7.15. The second kappa shape index (κ2) is 6.49. The van der Waals surface area contributed by atoms with Crippen LogP contribution in [-0.4, -0.2) is 38.1 Å². The van der Waals surface area contributed by atoms with Crippen LogP contribution in [0, 0.1) is 11.8 Å². The molecule has 2 heteroatoms. The number of nitrogens with zero attached hydrogens (tertiary/aromatic N) is 1. The molecule has 1 atom stereocenters. The average Bonchev–Trinajstić information content (AvgIpc) is 2.69. The Labute approximate surface area is 95.4 Å². The topological polar surface area (TPSA) is 15.3 Å². The van der Waals surface area contributed by atoms with E-state index >= 15 is 0 Å². The summed E-state index contributed by atoms with van der Waals surface area (Å²) in [6, 6.07) is 0.864. The number of hydrogen-bond donors (Lipinski definition) is 1. The Hall–Kier alpha value is -0.0800. The van der Waals surface area contributed by atoms with Crippen LogP contribution in [-0.2, 0) is 0 Å². The van der Waals surface area contributed by atoms with E-state index in [4.69, 9.17) is 0 Å². The van der Waals surface area contributed by atoms with Crippen molar-refractivity contribution >= 4 is 0 Å². The Bertz CT molecular complexity index is 162. The molecule has 90 valence electrons. The summed E-state index contributed by atoms with van der Waals surface area (Å²) >= 11 is 0. The molecular formula is C13H28N2. The zero-order valence-corrected chi connectivity index (χ0v) is 10.9. The zero-order valence-electron chi connectivity index (χ0n) is 10.9. The van der Waals surface area contributed by atoms with Crippen LogP contribution >= 0.6 is 0 Å². The molecule has 0 heterocycles. The summed E-state index contributed by atoms with van der Waals surface area (Å²) in [7, 11) is 4.37. The Balaban J connectivity index is 2.35. The lowest BCUT2D eigenvalue weighted by molar-refractivity contribution is 0.182. The van der Waals surface area contributed by atoms with Gasteiger partial charge in [0.25, 0.3) is 0 Å². The van der Waals surface area contributed by atoms with Crippen molar-refractivity contribution in [3.05, 3.63) is 0 Å². The third-order valence-electron chi connectivity index (χ3n) is 3.88. The van der Waals surface area contributed by atoms with Crippen molar-refractivity contribution in [1.82, 2.24) is 10.2 Å². The minimum absolute atomic E-state index is 0.779. The molecule has 0 aromatic rings. The molecule has 1 N–H and O–H groups in total. The predicted octanol–water partition coefficient (Wildman–Crippen LogP) is 2.35. The van der Waals surface area contributed by atoms with E-state index in [1.165, 1.54) is 32.2 Å². The van der Waals surface area contributed by atoms with Gasteiger partial charge in [0.15, 0.2) is 0 Å². The van der Waals surface area contributed by atoms with Crippen molar-refractivity contribution in [2.24, 2.45) is 11.8 Å². The maximum atomic E-state index is 3.32. The summed E-state index contributed by atoms with van der Waals surface area (Å²) < 4.78 is 0. The maximum absolute atomic E-state index is 3.32. The molecule has 0 radical (unpaired) electrons. The van der Waals surface area contributed by atoms with E-state index in [0.29, 0.717) is 0 Å². The van der Waals surface area contributed by atoms with E-state index < -0.39 is 0 Å². The molecule has 1 aliphatic rings. The quantitative estimate of drug-likeness (QED) is 0.727. The molecule has 1 saturated carbocycles. The average molecular weight is 212 g/mol. The van der Waals surface area contributed by atoms with E-state index in [0.717, 1.165) is 24.4 Å². The summed E-state index contributed by atoms with van der Waals surface area (Å²) in [6.45, 7) is 7.08. The van der Waals surface area contributed by atoms with Gasteiger partial charge in [-0.25, -0.2) is 0 Å². The summed E-state index contributed by atoms with van der Waals surface area (Å²) in [6.07, 6.45) is 5.71. The molecule has 1 aliphatic carbocycles. The Morgan fingerprint density at radius 3 is 2.33 bits per heavy atom. The second-order valence-electron chi connectivity index (χ2n) is 5.44. The lowest BCUT2D eigenvalue weighted by atomic mass is 9.94. The highest BCUT2D eigenvalue weighted by Gasteiger charge is 2.22. The zero-order chi connectivity index (χ0) is 11.3. The van der Waals surface area contributed by atoms with E-state index in [2.05, 4.69) is 38.2 Å². The molecule has 1 fully saturated rings. The SMILES string of the molecule is CNCC(CN(C)C1CCCC1)C(C)C. The van der Waals surface area contributed by atoms with Crippen LogP contribution < -0.4 is 5.32 Å². The first kappa shape index (κ1) is 13.0. The van der Waals surface area contributed by atoms with Crippen LogP contribution in [0.5, 0.6) is 0 Å². The fourth-order valence-electron chi connectivity index (χ4n) is 2.64. The summed E-state index contributed by atoms with van der Waals surface area (Å²) in [5.41, 5.74) is 0. The van der Waals surface area contributed by atoms with Crippen molar-refractivity contribution in [1.29, 1.82) is 0 Å². The van der Waals surface area contributed by atoms with Crippen molar-refractivity contribution in [3.8, 4) is 0 Å². The van der Waals surface area contributed by atoms with Crippen LogP contribution in [0.15, 0.2) is 0 Å². The first-order valence-corrected chi connectivity index (χ1v) is 6.50. The molecule has 0 bridgehead atoms. The van der Waals surface area contributed by atoms with Crippen LogP contribution in [0.25, 0.3) is 0 Å². The third kappa shape index (κ3) is 4.12.